The van der Waals surface area contributed by atoms with Gasteiger partial charge in [0.2, 0.25) is 5.91 Å². The van der Waals surface area contributed by atoms with Crippen molar-refractivity contribution in [3.63, 3.8) is 0 Å². The van der Waals surface area contributed by atoms with Gasteiger partial charge in [-0.1, -0.05) is 6.07 Å². The van der Waals surface area contributed by atoms with Gasteiger partial charge in [0.25, 0.3) is 0 Å². The number of hydrogen-bond acceptors (Lipinski definition) is 5. The van der Waals surface area contributed by atoms with E-state index in [4.69, 9.17) is 5.11 Å². The van der Waals surface area contributed by atoms with Crippen LogP contribution in [0.4, 0.5) is 4.79 Å². The number of nitrogens with zero attached hydrogens (tertiary/aromatic N) is 1. The number of nitrogens with one attached hydrogen (secondary N) is 2. The van der Waals surface area contributed by atoms with Crippen LogP contribution in [-0.4, -0.2) is 47.0 Å². The standard InChI is InChI=1S/C13H17N3O4S/c17-11(8-16-5-1-4-10(16)12(18)19)15-13(20)14-7-9-3-2-6-21-9/h2-3,6,10H,1,4-5,7-8H2,(H,18,19)(H2,14,15,17,20). The number of carbonyl (C=O) groups is 3. The lowest BCUT2D eigenvalue weighted by Gasteiger charge is -2.19. The average Bonchev–Trinajstić information content (AvgIpc) is 3.06. The van der Waals surface area contributed by atoms with E-state index in [2.05, 4.69) is 10.6 Å². The third kappa shape index (κ3) is 4.54. The predicted octanol–water partition coefficient (Wildman–Crippen LogP) is 0.623. The predicted molar refractivity (Wildman–Crippen MR) is 76.9 cm³/mol. The zero-order chi connectivity index (χ0) is 15.2. The quantitative estimate of drug-likeness (QED) is 0.740. The minimum absolute atomic E-state index is 0.0800. The summed E-state index contributed by atoms with van der Waals surface area (Å²) in [5.74, 6) is -1.42. The lowest BCUT2D eigenvalue weighted by Crippen LogP contribution is -2.46. The molecule has 1 fully saturated rings. The summed E-state index contributed by atoms with van der Waals surface area (Å²) in [4.78, 5) is 36.9. The monoisotopic (exact) mass is 311 g/mol. The van der Waals surface area contributed by atoms with Gasteiger partial charge in [0.05, 0.1) is 13.1 Å². The van der Waals surface area contributed by atoms with Crippen LogP contribution in [0, 0.1) is 0 Å². The molecule has 7 nitrogen and oxygen atoms in total. The molecule has 2 heterocycles. The van der Waals surface area contributed by atoms with Gasteiger partial charge in [-0.25, -0.2) is 4.79 Å². The van der Waals surface area contributed by atoms with Gasteiger partial charge in [0, 0.05) is 4.88 Å². The number of carbonyl (C=O) groups excluding carboxylic acids is 2. The summed E-state index contributed by atoms with van der Waals surface area (Å²) < 4.78 is 0. The number of likely N-dealkylation sites (tertiary alicyclic amines) is 1. The first-order valence-corrected chi connectivity index (χ1v) is 7.51. The number of carboxylic acid groups (broad SMARTS) is 1. The number of aliphatic carboxylic acids is 1. The number of hydrogen-bond donors (Lipinski definition) is 3. The van der Waals surface area contributed by atoms with Gasteiger partial charge in [-0.05, 0) is 30.8 Å². The van der Waals surface area contributed by atoms with E-state index in [1.54, 1.807) is 4.90 Å². The maximum absolute atomic E-state index is 11.7. The van der Waals surface area contributed by atoms with Crippen LogP contribution >= 0.6 is 11.3 Å². The minimum atomic E-state index is -0.928. The van der Waals surface area contributed by atoms with Gasteiger partial charge in [0.15, 0.2) is 0 Å². The largest absolute Gasteiger partial charge is 0.480 e. The molecule has 0 bridgehead atoms. The lowest BCUT2D eigenvalue weighted by molar-refractivity contribution is -0.142. The van der Waals surface area contributed by atoms with E-state index < -0.39 is 23.9 Å². The fourth-order valence-electron chi connectivity index (χ4n) is 2.27. The molecule has 3 amide bonds. The van der Waals surface area contributed by atoms with Crippen molar-refractivity contribution in [1.29, 1.82) is 0 Å². The molecule has 0 aliphatic carbocycles. The highest BCUT2D eigenvalue weighted by Crippen LogP contribution is 2.16. The molecule has 1 aromatic heterocycles. The zero-order valence-corrected chi connectivity index (χ0v) is 12.2. The van der Waals surface area contributed by atoms with E-state index in [9.17, 15) is 14.4 Å². The van der Waals surface area contributed by atoms with Gasteiger partial charge in [-0.15, -0.1) is 11.3 Å². The molecule has 3 N–H and O–H groups in total. The van der Waals surface area contributed by atoms with E-state index in [0.29, 0.717) is 19.5 Å². The fraction of sp³-hybridized carbons (Fsp3) is 0.462. The molecule has 0 saturated carbocycles. The highest BCUT2D eigenvalue weighted by atomic mass is 32.1. The van der Waals surface area contributed by atoms with E-state index in [1.165, 1.54) is 11.3 Å². The minimum Gasteiger partial charge on any atom is -0.480 e. The lowest BCUT2D eigenvalue weighted by atomic mass is 10.2. The number of urea groups is 1. The van der Waals surface area contributed by atoms with Gasteiger partial charge in [0.1, 0.15) is 6.04 Å². The fourth-order valence-corrected chi connectivity index (χ4v) is 2.91. The number of carboxylic acids is 1. The van der Waals surface area contributed by atoms with Crippen LogP contribution < -0.4 is 10.6 Å². The topological polar surface area (TPSA) is 98.7 Å². The summed E-state index contributed by atoms with van der Waals surface area (Å²) in [6, 6.07) is 2.56. The van der Waals surface area contributed by atoms with Gasteiger partial charge >= 0.3 is 12.0 Å². The summed E-state index contributed by atoms with van der Waals surface area (Å²) in [6.07, 6.45) is 1.28. The van der Waals surface area contributed by atoms with Crippen LogP contribution in [0.25, 0.3) is 0 Å². The highest BCUT2D eigenvalue weighted by Gasteiger charge is 2.31. The normalized spacial score (nSPS) is 18.4. The summed E-state index contributed by atoms with van der Waals surface area (Å²) in [5, 5.41) is 15.7. The Bertz CT molecular complexity index is 517. The number of imide groups is 1. The maximum Gasteiger partial charge on any atom is 0.321 e. The molecule has 1 saturated heterocycles. The Morgan fingerprint density at radius 1 is 1.43 bits per heavy atom. The van der Waals surface area contributed by atoms with Crippen molar-refractivity contribution in [2.45, 2.75) is 25.4 Å². The Morgan fingerprint density at radius 2 is 2.24 bits per heavy atom. The molecule has 114 valence electrons. The SMILES string of the molecule is O=C(CN1CCCC1C(=O)O)NC(=O)NCc1cccs1. The molecule has 1 aromatic rings. The Hall–Kier alpha value is -1.93. The summed E-state index contributed by atoms with van der Waals surface area (Å²) in [7, 11) is 0. The molecule has 1 aliphatic rings. The van der Waals surface area contributed by atoms with Crippen molar-refractivity contribution in [3.8, 4) is 0 Å². The summed E-state index contributed by atoms with van der Waals surface area (Å²) >= 11 is 1.51. The first-order valence-electron chi connectivity index (χ1n) is 6.63. The second kappa shape index (κ2) is 7.19. The summed E-state index contributed by atoms with van der Waals surface area (Å²) in [6.45, 7) is 0.836. The number of rotatable bonds is 5. The second-order valence-corrected chi connectivity index (χ2v) is 5.81. The van der Waals surface area contributed by atoms with Gasteiger partial charge in [-0.2, -0.15) is 0 Å². The van der Waals surface area contributed by atoms with E-state index in [0.717, 1.165) is 11.3 Å². The van der Waals surface area contributed by atoms with Crippen LogP contribution in [-0.2, 0) is 16.1 Å². The first-order chi connectivity index (χ1) is 10.1. The average molecular weight is 311 g/mol. The molecule has 2 rings (SSSR count). The molecule has 1 unspecified atom stereocenters. The van der Waals surface area contributed by atoms with Gasteiger partial charge in [-0.3, -0.25) is 19.8 Å². The van der Waals surface area contributed by atoms with Crippen molar-refractivity contribution >= 4 is 29.2 Å². The van der Waals surface area contributed by atoms with Crippen molar-refractivity contribution in [3.05, 3.63) is 22.4 Å². The Morgan fingerprint density at radius 3 is 2.90 bits per heavy atom. The van der Waals surface area contributed by atoms with E-state index in [-0.39, 0.29) is 6.54 Å². The molecule has 8 heteroatoms. The molecular formula is C13H17N3O4S. The number of thiophene rings is 1. The molecule has 0 aromatic carbocycles. The van der Waals surface area contributed by atoms with E-state index in [1.807, 2.05) is 17.5 Å². The molecule has 1 atom stereocenters. The van der Waals surface area contributed by atoms with Crippen molar-refractivity contribution in [2.75, 3.05) is 13.1 Å². The van der Waals surface area contributed by atoms with Gasteiger partial charge < -0.3 is 10.4 Å². The van der Waals surface area contributed by atoms with Crippen molar-refractivity contribution in [1.82, 2.24) is 15.5 Å². The summed E-state index contributed by atoms with van der Waals surface area (Å²) in [5.41, 5.74) is 0. The van der Waals surface area contributed by atoms with Crippen LogP contribution in [0.15, 0.2) is 17.5 Å². The smallest absolute Gasteiger partial charge is 0.321 e. The van der Waals surface area contributed by atoms with Crippen molar-refractivity contribution < 1.29 is 19.5 Å². The van der Waals surface area contributed by atoms with Crippen molar-refractivity contribution in [2.24, 2.45) is 0 Å². The Balaban J connectivity index is 1.73. The Kier molecular flexibility index (Phi) is 5.29. The second-order valence-electron chi connectivity index (χ2n) is 4.78. The molecule has 21 heavy (non-hydrogen) atoms. The highest BCUT2D eigenvalue weighted by molar-refractivity contribution is 7.09. The maximum atomic E-state index is 11.7. The zero-order valence-electron chi connectivity index (χ0n) is 11.4. The molecular weight excluding hydrogens is 294 g/mol. The Labute approximate surface area is 125 Å². The first kappa shape index (κ1) is 15.5. The number of amides is 3. The van der Waals surface area contributed by atoms with Crippen LogP contribution in [0.5, 0.6) is 0 Å². The van der Waals surface area contributed by atoms with Crippen LogP contribution in [0.2, 0.25) is 0 Å². The molecule has 1 aliphatic heterocycles. The third-order valence-corrected chi connectivity index (χ3v) is 4.13. The molecule has 0 radical (unpaired) electrons. The van der Waals surface area contributed by atoms with Crippen LogP contribution in [0.1, 0.15) is 17.7 Å². The third-order valence-electron chi connectivity index (χ3n) is 3.25. The van der Waals surface area contributed by atoms with E-state index >= 15 is 0 Å². The molecule has 0 spiro atoms. The van der Waals surface area contributed by atoms with Crippen LogP contribution in [0.3, 0.4) is 0 Å².